The van der Waals surface area contributed by atoms with Crippen LogP contribution in [0, 0.1) is 0 Å². The van der Waals surface area contributed by atoms with E-state index in [-0.39, 0.29) is 23.9 Å². The van der Waals surface area contributed by atoms with Crippen LogP contribution in [0.4, 0.5) is 5.69 Å². The third-order valence-electron chi connectivity index (χ3n) is 5.08. The maximum Gasteiger partial charge on any atom is 0.268 e. The Morgan fingerprint density at radius 2 is 2.23 bits per heavy atom. The molecule has 0 spiro atoms. The summed E-state index contributed by atoms with van der Waals surface area (Å²) in [6.45, 7) is 3.28. The minimum absolute atomic E-state index is 0.192. The largest absolute Gasteiger partial charge is 0.368 e. The molecule has 0 radical (unpaired) electrons. The Morgan fingerprint density at radius 1 is 1.35 bits per heavy atom. The molecule has 2 N–H and O–H groups in total. The van der Waals surface area contributed by atoms with Crippen molar-refractivity contribution in [2.75, 3.05) is 18.5 Å². The first-order valence-electron chi connectivity index (χ1n) is 10.3. The molecule has 3 aromatic rings. The lowest BCUT2D eigenvalue weighted by atomic mass is 10.1. The molecule has 3 heterocycles. The highest BCUT2D eigenvalue weighted by Gasteiger charge is 2.24. The molecule has 31 heavy (non-hydrogen) atoms. The van der Waals surface area contributed by atoms with Crippen LogP contribution in [0.3, 0.4) is 0 Å². The van der Waals surface area contributed by atoms with Gasteiger partial charge in [0.2, 0.25) is 0 Å². The monoisotopic (exact) mass is 440 g/mol. The molecule has 1 aliphatic heterocycles. The van der Waals surface area contributed by atoms with Crippen molar-refractivity contribution in [3.8, 4) is 0 Å². The number of carbonyl (C=O) groups is 2. The van der Waals surface area contributed by atoms with Crippen molar-refractivity contribution >= 4 is 39.1 Å². The summed E-state index contributed by atoms with van der Waals surface area (Å²) in [5.41, 5.74) is 1.44. The summed E-state index contributed by atoms with van der Waals surface area (Å²) in [7, 11) is 0. The van der Waals surface area contributed by atoms with E-state index in [0.29, 0.717) is 46.9 Å². The van der Waals surface area contributed by atoms with E-state index < -0.39 is 6.10 Å². The maximum absolute atomic E-state index is 13.2. The summed E-state index contributed by atoms with van der Waals surface area (Å²) in [4.78, 5) is 46.7. The Bertz CT molecular complexity index is 1150. The molecular formula is C22H24N4O4S. The van der Waals surface area contributed by atoms with Gasteiger partial charge < -0.3 is 19.9 Å². The predicted molar refractivity (Wildman–Crippen MR) is 119 cm³/mol. The third-order valence-corrected chi connectivity index (χ3v) is 5.99. The van der Waals surface area contributed by atoms with Crippen LogP contribution in [0.15, 0.2) is 40.5 Å². The number of thiophene rings is 1. The molecule has 0 aliphatic carbocycles. The minimum atomic E-state index is -0.439. The normalized spacial score (nSPS) is 15.8. The number of nitrogens with zero attached hydrogens (tertiary/aromatic N) is 2. The van der Waals surface area contributed by atoms with Gasteiger partial charge >= 0.3 is 0 Å². The lowest BCUT2D eigenvalue weighted by Crippen LogP contribution is -2.33. The maximum atomic E-state index is 13.2. The first-order chi connectivity index (χ1) is 15.0. The molecule has 2 amide bonds. The van der Waals surface area contributed by atoms with Crippen molar-refractivity contribution in [2.24, 2.45) is 0 Å². The van der Waals surface area contributed by atoms with Gasteiger partial charge in [-0.1, -0.05) is 13.0 Å². The van der Waals surface area contributed by atoms with Gasteiger partial charge in [0.05, 0.1) is 12.1 Å². The third kappa shape index (κ3) is 4.83. The van der Waals surface area contributed by atoms with Gasteiger partial charge in [0.15, 0.2) is 0 Å². The first-order valence-corrected chi connectivity index (χ1v) is 11.2. The lowest BCUT2D eigenvalue weighted by Gasteiger charge is -2.22. The van der Waals surface area contributed by atoms with Crippen LogP contribution < -0.4 is 10.9 Å². The van der Waals surface area contributed by atoms with Crippen molar-refractivity contribution in [3.05, 3.63) is 57.5 Å². The average Bonchev–Trinajstić information content (AvgIpc) is 3.45. The molecule has 1 aliphatic rings. The summed E-state index contributed by atoms with van der Waals surface area (Å²) in [6, 6.07) is 8.66. The van der Waals surface area contributed by atoms with E-state index in [1.165, 1.54) is 11.3 Å². The van der Waals surface area contributed by atoms with Gasteiger partial charge in [0, 0.05) is 24.4 Å². The van der Waals surface area contributed by atoms with E-state index in [4.69, 9.17) is 4.74 Å². The number of aromatic nitrogens is 2. The number of aromatic amines is 1. The van der Waals surface area contributed by atoms with Crippen molar-refractivity contribution in [1.82, 2.24) is 14.9 Å². The Hall–Kier alpha value is -3.04. The number of ether oxygens (including phenoxy) is 1. The number of hydrogen-bond acceptors (Lipinski definition) is 6. The van der Waals surface area contributed by atoms with Gasteiger partial charge in [0.1, 0.15) is 16.6 Å². The standard InChI is InChI=1S/C22H24N4O4S/c1-2-9-26(13-18-24-16-8-11-31-19(16)21(28)25-18)22(29)14-5-3-6-15(12-14)23-20(27)17-7-4-10-30-17/h3,5-6,8,11-12,17H,2,4,7,9-10,13H2,1H3,(H,23,27)(H,24,25,28)/t17-/m1/s1. The van der Waals surface area contributed by atoms with Gasteiger partial charge in [-0.05, 0) is 48.9 Å². The van der Waals surface area contributed by atoms with Gasteiger partial charge in [-0.15, -0.1) is 11.3 Å². The topological polar surface area (TPSA) is 104 Å². The van der Waals surface area contributed by atoms with Crippen LogP contribution in [-0.4, -0.2) is 45.9 Å². The van der Waals surface area contributed by atoms with Crippen LogP contribution in [0.5, 0.6) is 0 Å². The van der Waals surface area contributed by atoms with Crippen molar-refractivity contribution in [3.63, 3.8) is 0 Å². The number of anilines is 1. The Kier molecular flexibility index (Phi) is 6.43. The second-order valence-electron chi connectivity index (χ2n) is 7.45. The zero-order chi connectivity index (χ0) is 21.8. The highest BCUT2D eigenvalue weighted by atomic mass is 32.1. The molecule has 4 rings (SSSR count). The van der Waals surface area contributed by atoms with Gasteiger partial charge in [0.25, 0.3) is 17.4 Å². The number of hydrogen-bond donors (Lipinski definition) is 2. The fraction of sp³-hybridized carbons (Fsp3) is 0.364. The highest BCUT2D eigenvalue weighted by molar-refractivity contribution is 7.17. The molecule has 162 valence electrons. The summed E-state index contributed by atoms with van der Waals surface area (Å²) < 4.78 is 5.99. The van der Waals surface area contributed by atoms with Crippen LogP contribution in [0.2, 0.25) is 0 Å². The van der Waals surface area contributed by atoms with Gasteiger partial charge in [-0.3, -0.25) is 14.4 Å². The van der Waals surface area contributed by atoms with E-state index in [0.717, 1.165) is 12.8 Å². The molecule has 9 heteroatoms. The van der Waals surface area contributed by atoms with E-state index in [2.05, 4.69) is 15.3 Å². The zero-order valence-corrected chi connectivity index (χ0v) is 18.0. The Balaban J connectivity index is 1.52. The molecule has 1 aromatic carbocycles. The van der Waals surface area contributed by atoms with Crippen LogP contribution >= 0.6 is 11.3 Å². The number of rotatable bonds is 7. The zero-order valence-electron chi connectivity index (χ0n) is 17.2. The van der Waals surface area contributed by atoms with Gasteiger partial charge in [-0.25, -0.2) is 4.98 Å². The summed E-state index contributed by atoms with van der Waals surface area (Å²) in [5, 5.41) is 4.65. The van der Waals surface area contributed by atoms with Crippen LogP contribution in [0.25, 0.3) is 10.2 Å². The molecular weight excluding hydrogens is 416 g/mol. The quantitative estimate of drug-likeness (QED) is 0.587. The molecule has 2 aromatic heterocycles. The van der Waals surface area contributed by atoms with Crippen molar-refractivity contribution in [1.29, 1.82) is 0 Å². The molecule has 0 saturated carbocycles. The SMILES string of the molecule is CCCN(Cc1nc2ccsc2c(=O)[nH]1)C(=O)c1cccc(NC(=O)[C@H]2CCCO2)c1. The van der Waals surface area contributed by atoms with Gasteiger partial charge in [-0.2, -0.15) is 0 Å². The highest BCUT2D eigenvalue weighted by Crippen LogP contribution is 2.18. The molecule has 1 atom stereocenters. The smallest absolute Gasteiger partial charge is 0.268 e. The molecule has 0 bridgehead atoms. The molecule has 1 fully saturated rings. The fourth-order valence-corrected chi connectivity index (χ4v) is 4.34. The van der Waals surface area contributed by atoms with Crippen molar-refractivity contribution in [2.45, 2.75) is 38.8 Å². The Labute approximate surface area is 183 Å². The van der Waals surface area contributed by atoms with E-state index >= 15 is 0 Å². The summed E-state index contributed by atoms with van der Waals surface area (Å²) in [6.07, 6.45) is 1.89. The number of amides is 2. The van der Waals surface area contributed by atoms with Crippen LogP contribution in [0.1, 0.15) is 42.4 Å². The predicted octanol–water partition coefficient (Wildman–Crippen LogP) is 3.15. The second kappa shape index (κ2) is 9.40. The second-order valence-corrected chi connectivity index (χ2v) is 8.36. The van der Waals surface area contributed by atoms with E-state index in [9.17, 15) is 14.4 Å². The van der Waals surface area contributed by atoms with Crippen molar-refractivity contribution < 1.29 is 14.3 Å². The lowest BCUT2D eigenvalue weighted by molar-refractivity contribution is -0.124. The fourth-order valence-electron chi connectivity index (χ4n) is 3.62. The average molecular weight is 441 g/mol. The van der Waals surface area contributed by atoms with E-state index in [1.807, 2.05) is 12.3 Å². The number of fused-ring (bicyclic) bond motifs is 1. The Morgan fingerprint density at radius 3 is 3.00 bits per heavy atom. The molecule has 1 saturated heterocycles. The molecule has 0 unspecified atom stereocenters. The summed E-state index contributed by atoms with van der Waals surface area (Å²) in [5.74, 6) is 0.0574. The number of benzene rings is 1. The first kappa shape index (κ1) is 21.2. The molecule has 8 nitrogen and oxygen atoms in total. The number of H-pyrrole nitrogens is 1. The minimum Gasteiger partial charge on any atom is -0.368 e. The number of nitrogens with one attached hydrogen (secondary N) is 2. The van der Waals surface area contributed by atoms with E-state index in [1.54, 1.807) is 35.2 Å². The number of carbonyl (C=O) groups excluding carboxylic acids is 2. The summed E-state index contributed by atoms with van der Waals surface area (Å²) >= 11 is 1.34. The van der Waals surface area contributed by atoms with Crippen LogP contribution in [-0.2, 0) is 16.1 Å².